The molecule has 0 saturated carbocycles. The van der Waals surface area contributed by atoms with E-state index in [1.54, 1.807) is 0 Å². The summed E-state index contributed by atoms with van der Waals surface area (Å²) in [6.07, 6.45) is -3.88. The normalized spacial score (nSPS) is 12.9. The number of Topliss-reactive ketones (excluding diaryl/α,β-unsaturated/α-hetero) is 1. The van der Waals surface area contributed by atoms with E-state index in [1.165, 1.54) is 23.5 Å². The molecule has 21 heavy (non-hydrogen) atoms. The van der Waals surface area contributed by atoms with E-state index < -0.39 is 24.8 Å². The molecule has 1 aromatic rings. The van der Waals surface area contributed by atoms with Crippen LogP contribution in [0.5, 0.6) is 11.5 Å². The van der Waals surface area contributed by atoms with Crippen LogP contribution in [0.15, 0.2) is 18.2 Å². The summed E-state index contributed by atoms with van der Waals surface area (Å²) in [7, 11) is 0. The van der Waals surface area contributed by atoms with E-state index in [9.17, 15) is 22.4 Å². The molecule has 0 unspecified atom stereocenters. The van der Waals surface area contributed by atoms with Gasteiger partial charge in [0.15, 0.2) is 17.3 Å². The van der Waals surface area contributed by atoms with Crippen molar-refractivity contribution in [3.8, 4) is 11.5 Å². The summed E-state index contributed by atoms with van der Waals surface area (Å²) in [6.45, 7) is 3.10. The van der Waals surface area contributed by atoms with Gasteiger partial charge in [-0.15, -0.1) is 0 Å². The zero-order chi connectivity index (χ0) is 16.0. The van der Waals surface area contributed by atoms with Crippen molar-refractivity contribution in [2.75, 3.05) is 13.3 Å². The Bertz CT molecular complexity index is 494. The van der Waals surface area contributed by atoms with Gasteiger partial charge in [0.05, 0.1) is 6.54 Å². The SMILES string of the molecule is CC.O=C(CNC(F)(F)C(F)F)c1ccc2c(c1)OCO2. The van der Waals surface area contributed by atoms with Crippen molar-refractivity contribution in [3.05, 3.63) is 23.8 Å². The first-order valence-corrected chi connectivity index (χ1v) is 6.24. The lowest BCUT2D eigenvalue weighted by Crippen LogP contribution is -2.45. The smallest absolute Gasteiger partial charge is 0.362 e. The van der Waals surface area contributed by atoms with Crippen molar-refractivity contribution in [1.29, 1.82) is 0 Å². The van der Waals surface area contributed by atoms with Crippen LogP contribution < -0.4 is 14.8 Å². The minimum atomic E-state index is -4.40. The number of nitrogens with one attached hydrogen (secondary N) is 1. The van der Waals surface area contributed by atoms with Crippen LogP contribution in [0.2, 0.25) is 0 Å². The molecule has 8 heteroatoms. The van der Waals surface area contributed by atoms with Gasteiger partial charge in [0.1, 0.15) is 0 Å². The second-order valence-electron chi connectivity index (χ2n) is 3.77. The molecule has 2 rings (SSSR count). The third-order valence-corrected chi connectivity index (χ3v) is 2.45. The van der Waals surface area contributed by atoms with Crippen molar-refractivity contribution in [2.24, 2.45) is 0 Å². The van der Waals surface area contributed by atoms with Gasteiger partial charge in [0, 0.05) is 5.56 Å². The molecule has 0 aromatic heterocycles. The fourth-order valence-corrected chi connectivity index (χ4v) is 1.45. The van der Waals surface area contributed by atoms with Crippen molar-refractivity contribution in [1.82, 2.24) is 5.32 Å². The lowest BCUT2D eigenvalue weighted by atomic mass is 10.1. The Morgan fingerprint density at radius 1 is 1.29 bits per heavy atom. The third kappa shape index (κ3) is 4.32. The average Bonchev–Trinajstić information content (AvgIpc) is 2.94. The minimum Gasteiger partial charge on any atom is -0.454 e. The molecular weight excluding hydrogens is 294 g/mol. The fraction of sp³-hybridized carbons (Fsp3) is 0.462. The Morgan fingerprint density at radius 2 is 1.90 bits per heavy atom. The van der Waals surface area contributed by atoms with E-state index in [-0.39, 0.29) is 12.4 Å². The Hall–Kier alpha value is -1.83. The predicted octanol–water partition coefficient (Wildman–Crippen LogP) is 3.07. The van der Waals surface area contributed by atoms with Crippen LogP contribution >= 0.6 is 0 Å². The van der Waals surface area contributed by atoms with Gasteiger partial charge in [0.25, 0.3) is 0 Å². The highest BCUT2D eigenvalue weighted by atomic mass is 19.3. The second kappa shape index (κ2) is 7.26. The van der Waals surface area contributed by atoms with Crippen LogP contribution in [-0.4, -0.2) is 31.6 Å². The predicted molar refractivity (Wildman–Crippen MR) is 67.2 cm³/mol. The van der Waals surface area contributed by atoms with E-state index in [0.717, 1.165) is 0 Å². The fourth-order valence-electron chi connectivity index (χ4n) is 1.45. The van der Waals surface area contributed by atoms with Gasteiger partial charge in [0.2, 0.25) is 6.79 Å². The molecule has 118 valence electrons. The number of carbonyl (C=O) groups is 1. The summed E-state index contributed by atoms with van der Waals surface area (Å²) in [4.78, 5) is 11.6. The highest BCUT2D eigenvalue weighted by Gasteiger charge is 2.40. The summed E-state index contributed by atoms with van der Waals surface area (Å²) in [5, 5.41) is 1.22. The summed E-state index contributed by atoms with van der Waals surface area (Å²) < 4.78 is 59.0. The lowest BCUT2D eigenvalue weighted by molar-refractivity contribution is -0.149. The summed E-state index contributed by atoms with van der Waals surface area (Å²) >= 11 is 0. The number of fused-ring (bicyclic) bond motifs is 1. The van der Waals surface area contributed by atoms with E-state index >= 15 is 0 Å². The number of carbonyl (C=O) groups excluding carboxylic acids is 1. The standard InChI is InChI=1S/C11H9F4NO3.C2H6/c12-10(13)11(14,15)16-4-7(17)6-1-2-8-9(3-6)19-5-18-8;1-2/h1-3,10,16H,4-5H2;1-2H3. The maximum Gasteiger partial charge on any atom is 0.362 e. The van der Waals surface area contributed by atoms with Gasteiger partial charge in [-0.1, -0.05) is 13.8 Å². The van der Waals surface area contributed by atoms with Crippen molar-refractivity contribution in [2.45, 2.75) is 26.3 Å². The highest BCUT2D eigenvalue weighted by molar-refractivity contribution is 5.98. The van der Waals surface area contributed by atoms with Crippen LogP contribution in [0.1, 0.15) is 24.2 Å². The third-order valence-electron chi connectivity index (χ3n) is 2.45. The first-order chi connectivity index (χ1) is 9.90. The van der Waals surface area contributed by atoms with Gasteiger partial charge in [-0.3, -0.25) is 4.79 Å². The van der Waals surface area contributed by atoms with Crippen molar-refractivity contribution < 1.29 is 31.8 Å². The number of hydrogen-bond acceptors (Lipinski definition) is 4. The molecule has 1 aliphatic heterocycles. The van der Waals surface area contributed by atoms with E-state index in [0.29, 0.717) is 11.5 Å². The van der Waals surface area contributed by atoms with E-state index in [1.807, 2.05) is 13.8 Å². The largest absolute Gasteiger partial charge is 0.454 e. The summed E-state index contributed by atoms with van der Waals surface area (Å²) in [6, 6.07) is -0.294. The maximum absolute atomic E-state index is 12.6. The molecule has 0 spiro atoms. The van der Waals surface area contributed by atoms with Gasteiger partial charge in [-0.25, -0.2) is 14.1 Å². The molecule has 1 aliphatic rings. The molecule has 0 saturated heterocycles. The molecule has 0 fully saturated rings. The zero-order valence-electron chi connectivity index (χ0n) is 11.5. The number of ketones is 1. The Morgan fingerprint density at radius 3 is 2.52 bits per heavy atom. The second-order valence-corrected chi connectivity index (χ2v) is 3.77. The zero-order valence-corrected chi connectivity index (χ0v) is 11.5. The van der Waals surface area contributed by atoms with Gasteiger partial charge < -0.3 is 9.47 Å². The van der Waals surface area contributed by atoms with Crippen LogP contribution in [-0.2, 0) is 0 Å². The number of benzene rings is 1. The lowest BCUT2D eigenvalue weighted by Gasteiger charge is -2.16. The molecule has 1 aromatic carbocycles. The van der Waals surface area contributed by atoms with Crippen LogP contribution in [0, 0.1) is 0 Å². The number of halogens is 4. The first kappa shape index (κ1) is 17.2. The van der Waals surface area contributed by atoms with Gasteiger partial charge in [-0.05, 0) is 18.2 Å². The molecular formula is C13H15F4NO3. The summed E-state index contributed by atoms with van der Waals surface area (Å²) in [5.41, 5.74) is 0.0711. The van der Waals surface area contributed by atoms with Crippen LogP contribution in [0.3, 0.4) is 0 Å². The van der Waals surface area contributed by atoms with Crippen LogP contribution in [0.4, 0.5) is 17.6 Å². The number of alkyl halides is 4. The molecule has 1 heterocycles. The van der Waals surface area contributed by atoms with Crippen LogP contribution in [0.25, 0.3) is 0 Å². The summed E-state index contributed by atoms with van der Waals surface area (Å²) in [5.74, 6) is -0.00693. The molecule has 1 N–H and O–H groups in total. The molecule has 0 aliphatic carbocycles. The quantitative estimate of drug-likeness (QED) is 0.516. The topological polar surface area (TPSA) is 47.6 Å². The molecule has 0 amide bonds. The number of ether oxygens (including phenoxy) is 2. The monoisotopic (exact) mass is 309 g/mol. The molecule has 0 atom stereocenters. The molecule has 4 nitrogen and oxygen atoms in total. The highest BCUT2D eigenvalue weighted by Crippen LogP contribution is 2.32. The van der Waals surface area contributed by atoms with Gasteiger partial charge >= 0.3 is 12.5 Å². The first-order valence-electron chi connectivity index (χ1n) is 6.24. The van der Waals surface area contributed by atoms with E-state index in [4.69, 9.17) is 9.47 Å². The number of rotatable bonds is 5. The molecule has 0 bridgehead atoms. The number of hydrogen-bond donors (Lipinski definition) is 1. The Kier molecular flexibility index (Phi) is 5.95. The van der Waals surface area contributed by atoms with E-state index in [2.05, 4.69) is 0 Å². The van der Waals surface area contributed by atoms with Crippen molar-refractivity contribution >= 4 is 5.78 Å². The van der Waals surface area contributed by atoms with Crippen molar-refractivity contribution in [3.63, 3.8) is 0 Å². The molecule has 0 radical (unpaired) electrons. The van der Waals surface area contributed by atoms with Gasteiger partial charge in [-0.2, -0.15) is 8.78 Å². The Labute approximate surface area is 119 Å². The maximum atomic E-state index is 12.6. The minimum absolute atomic E-state index is 0.00861. The average molecular weight is 309 g/mol. The Balaban J connectivity index is 0.00000106.